The first kappa shape index (κ1) is 18.6. The average Bonchev–Trinajstić information content (AvgIpc) is 3.19. The first-order valence-corrected chi connectivity index (χ1v) is 9.63. The lowest BCUT2D eigenvalue weighted by atomic mass is 10.1. The molecule has 1 amide bonds. The van der Waals surface area contributed by atoms with Gasteiger partial charge in [0.15, 0.2) is 6.10 Å². The van der Waals surface area contributed by atoms with Crippen LogP contribution in [0.4, 0.5) is 4.79 Å². The highest BCUT2D eigenvalue weighted by Crippen LogP contribution is 2.30. The molecule has 0 unspecified atom stereocenters. The molecule has 0 bridgehead atoms. The van der Waals surface area contributed by atoms with Crippen LogP contribution in [-0.4, -0.2) is 58.6 Å². The summed E-state index contributed by atoms with van der Waals surface area (Å²) in [5.41, 5.74) is 0.0558. The van der Waals surface area contributed by atoms with Crippen molar-refractivity contribution in [3.8, 4) is 6.07 Å². The number of fused-ring (bicyclic) bond motifs is 1. The molecule has 0 aromatic heterocycles. The second-order valence-electron chi connectivity index (χ2n) is 5.91. The Morgan fingerprint density at radius 1 is 1.31 bits per heavy atom. The van der Waals surface area contributed by atoms with E-state index in [9.17, 15) is 13.2 Å². The van der Waals surface area contributed by atoms with Crippen molar-refractivity contribution >= 4 is 16.1 Å². The molecule has 2 heterocycles. The molecule has 2 aliphatic heterocycles. The molecule has 9 nitrogen and oxygen atoms in total. The molecule has 2 fully saturated rings. The third-order valence-electron chi connectivity index (χ3n) is 4.19. The van der Waals surface area contributed by atoms with E-state index in [1.165, 1.54) is 12.1 Å². The minimum absolute atomic E-state index is 0.0558. The van der Waals surface area contributed by atoms with Gasteiger partial charge in [0.25, 0.3) is 0 Å². The van der Waals surface area contributed by atoms with Crippen LogP contribution in [0.15, 0.2) is 29.2 Å². The lowest BCUT2D eigenvalue weighted by Gasteiger charge is -2.18. The molecule has 1 aromatic carbocycles. The van der Waals surface area contributed by atoms with E-state index in [1.54, 1.807) is 19.1 Å². The van der Waals surface area contributed by atoms with Crippen LogP contribution in [-0.2, 0) is 24.2 Å². The minimum atomic E-state index is -3.93. The van der Waals surface area contributed by atoms with Crippen LogP contribution in [0.1, 0.15) is 12.5 Å². The first-order chi connectivity index (χ1) is 12.5. The highest BCUT2D eigenvalue weighted by molar-refractivity contribution is 7.89. The summed E-state index contributed by atoms with van der Waals surface area (Å²) in [6, 6.07) is 7.17. The Balaban J connectivity index is 1.69. The molecule has 0 radical (unpaired) electrons. The molecule has 140 valence electrons. The SMILES string of the molecule is CCNC(=O)O[C@@H]1CO[C@H]2[C@@H]1OC[C@@H]2NS(=O)(=O)c1ccccc1C#N. The number of benzene rings is 1. The second-order valence-corrected chi connectivity index (χ2v) is 7.59. The maximum absolute atomic E-state index is 12.6. The van der Waals surface area contributed by atoms with Crippen LogP contribution in [0, 0.1) is 11.3 Å². The van der Waals surface area contributed by atoms with Gasteiger partial charge in [-0.05, 0) is 19.1 Å². The molecule has 26 heavy (non-hydrogen) atoms. The summed E-state index contributed by atoms with van der Waals surface area (Å²) in [6.07, 6.45) is -2.29. The Morgan fingerprint density at radius 2 is 2.04 bits per heavy atom. The van der Waals surface area contributed by atoms with E-state index in [0.29, 0.717) is 6.54 Å². The van der Waals surface area contributed by atoms with Crippen LogP contribution in [0.2, 0.25) is 0 Å². The Labute approximate surface area is 151 Å². The van der Waals surface area contributed by atoms with Gasteiger partial charge in [-0.1, -0.05) is 12.1 Å². The number of nitrogens with zero attached hydrogens (tertiary/aromatic N) is 1. The first-order valence-electron chi connectivity index (χ1n) is 8.15. The summed E-state index contributed by atoms with van der Waals surface area (Å²) in [6.45, 7) is 2.41. The third-order valence-corrected chi connectivity index (χ3v) is 5.74. The van der Waals surface area contributed by atoms with Gasteiger partial charge >= 0.3 is 6.09 Å². The summed E-state index contributed by atoms with van der Waals surface area (Å²) < 4.78 is 44.2. The number of hydrogen-bond acceptors (Lipinski definition) is 7. The molecule has 10 heteroatoms. The molecule has 1 aromatic rings. The van der Waals surface area contributed by atoms with Crippen molar-refractivity contribution in [2.75, 3.05) is 19.8 Å². The fourth-order valence-electron chi connectivity index (χ4n) is 3.05. The van der Waals surface area contributed by atoms with Gasteiger partial charge in [-0.2, -0.15) is 5.26 Å². The normalized spacial score (nSPS) is 27.5. The average molecular weight is 381 g/mol. The highest BCUT2D eigenvalue weighted by atomic mass is 32.2. The Bertz CT molecular complexity index is 822. The van der Waals surface area contributed by atoms with Gasteiger partial charge in [-0.15, -0.1) is 0 Å². The van der Waals surface area contributed by atoms with Crippen molar-refractivity contribution < 1.29 is 27.4 Å². The Hall–Kier alpha value is -2.19. The standard InChI is InChI=1S/C16H19N3O6S/c1-2-18-16(20)25-12-9-24-14-11(8-23-15(12)14)19-26(21,22)13-6-4-3-5-10(13)7-17/h3-6,11-12,14-15,19H,2,8-9H2,1H3,(H,18,20)/t11-,12+,14+,15+/m0/s1. The number of carbonyl (C=O) groups is 1. The topological polar surface area (TPSA) is 127 Å². The largest absolute Gasteiger partial charge is 0.441 e. The number of ether oxygens (including phenoxy) is 3. The molecule has 0 spiro atoms. The van der Waals surface area contributed by atoms with Crippen molar-refractivity contribution in [3.05, 3.63) is 29.8 Å². The number of rotatable bonds is 5. The van der Waals surface area contributed by atoms with Crippen molar-refractivity contribution in [3.63, 3.8) is 0 Å². The summed E-state index contributed by atoms with van der Waals surface area (Å²) in [5, 5.41) is 11.6. The van der Waals surface area contributed by atoms with Crippen LogP contribution >= 0.6 is 0 Å². The van der Waals surface area contributed by atoms with E-state index < -0.39 is 40.5 Å². The lowest BCUT2D eigenvalue weighted by Crippen LogP contribution is -2.44. The van der Waals surface area contributed by atoms with Crippen LogP contribution in [0.5, 0.6) is 0 Å². The predicted molar refractivity (Wildman–Crippen MR) is 88.7 cm³/mol. The molecular formula is C16H19N3O6S. The van der Waals surface area contributed by atoms with Crippen LogP contribution in [0.25, 0.3) is 0 Å². The number of amides is 1. The fourth-order valence-corrected chi connectivity index (χ4v) is 4.43. The smallest absolute Gasteiger partial charge is 0.407 e. The quantitative estimate of drug-likeness (QED) is 0.741. The zero-order chi connectivity index (χ0) is 18.7. The van der Waals surface area contributed by atoms with Gasteiger partial charge in [-0.3, -0.25) is 0 Å². The molecule has 3 rings (SSSR count). The van der Waals surface area contributed by atoms with E-state index in [4.69, 9.17) is 19.5 Å². The van der Waals surface area contributed by atoms with E-state index in [-0.39, 0.29) is 23.7 Å². The zero-order valence-corrected chi connectivity index (χ0v) is 14.9. The minimum Gasteiger partial charge on any atom is -0.441 e. The monoisotopic (exact) mass is 381 g/mol. The van der Waals surface area contributed by atoms with Gasteiger partial charge in [-0.25, -0.2) is 17.9 Å². The van der Waals surface area contributed by atoms with Crippen LogP contribution in [0.3, 0.4) is 0 Å². The van der Waals surface area contributed by atoms with E-state index in [2.05, 4.69) is 10.0 Å². The van der Waals surface area contributed by atoms with Crippen LogP contribution < -0.4 is 10.0 Å². The lowest BCUT2D eigenvalue weighted by molar-refractivity contribution is 0.00428. The number of sulfonamides is 1. The molecule has 4 atom stereocenters. The number of nitrogens with one attached hydrogen (secondary N) is 2. The third kappa shape index (κ3) is 3.66. The second kappa shape index (κ2) is 7.59. The van der Waals surface area contributed by atoms with E-state index >= 15 is 0 Å². The molecule has 0 aliphatic carbocycles. The maximum atomic E-state index is 12.6. The molecule has 0 saturated carbocycles. The van der Waals surface area contributed by atoms with Gasteiger partial charge in [0.05, 0.1) is 29.7 Å². The van der Waals surface area contributed by atoms with Gasteiger partial charge < -0.3 is 19.5 Å². The maximum Gasteiger partial charge on any atom is 0.407 e. The fraction of sp³-hybridized carbons (Fsp3) is 0.500. The molecule has 2 aliphatic rings. The van der Waals surface area contributed by atoms with Gasteiger partial charge in [0.1, 0.15) is 18.3 Å². The van der Waals surface area contributed by atoms with Crippen molar-refractivity contribution in [2.45, 2.75) is 36.2 Å². The van der Waals surface area contributed by atoms with E-state index in [1.807, 2.05) is 6.07 Å². The number of alkyl carbamates (subject to hydrolysis) is 1. The molecular weight excluding hydrogens is 362 g/mol. The van der Waals surface area contributed by atoms with Crippen molar-refractivity contribution in [1.82, 2.24) is 10.0 Å². The van der Waals surface area contributed by atoms with Gasteiger partial charge in [0, 0.05) is 6.54 Å². The van der Waals surface area contributed by atoms with Crippen molar-refractivity contribution in [2.24, 2.45) is 0 Å². The zero-order valence-electron chi connectivity index (χ0n) is 14.0. The number of carbonyl (C=O) groups excluding carboxylic acids is 1. The summed E-state index contributed by atoms with van der Waals surface area (Å²) >= 11 is 0. The number of hydrogen-bond donors (Lipinski definition) is 2. The predicted octanol–water partition coefficient (Wildman–Crippen LogP) is 0.117. The Morgan fingerprint density at radius 3 is 2.77 bits per heavy atom. The summed E-state index contributed by atoms with van der Waals surface area (Å²) in [5.74, 6) is 0. The summed E-state index contributed by atoms with van der Waals surface area (Å²) in [7, 11) is -3.93. The Kier molecular flexibility index (Phi) is 5.43. The van der Waals surface area contributed by atoms with E-state index in [0.717, 1.165) is 0 Å². The van der Waals surface area contributed by atoms with Crippen molar-refractivity contribution in [1.29, 1.82) is 5.26 Å². The van der Waals surface area contributed by atoms with Gasteiger partial charge in [0.2, 0.25) is 10.0 Å². The number of nitriles is 1. The molecule has 2 saturated heterocycles. The summed E-state index contributed by atoms with van der Waals surface area (Å²) in [4.78, 5) is 11.5. The molecule has 2 N–H and O–H groups in total. The highest BCUT2D eigenvalue weighted by Gasteiger charge is 2.50.